The number of Topliss-reactive ketones (excluding diaryl/α,β-unsaturated/α-hetero) is 1. The molecular formula is C17H15NO3. The highest BCUT2D eigenvalue weighted by Crippen LogP contribution is 2.29. The van der Waals surface area contributed by atoms with Gasteiger partial charge in [0, 0.05) is 18.9 Å². The summed E-state index contributed by atoms with van der Waals surface area (Å²) < 4.78 is 0. The molecule has 1 aliphatic rings. The van der Waals surface area contributed by atoms with Crippen molar-refractivity contribution in [3.05, 3.63) is 47.0 Å². The number of hydrogen-bond donors (Lipinski definition) is 0. The fraction of sp³-hybridized carbons (Fsp3) is 0.235. The summed E-state index contributed by atoms with van der Waals surface area (Å²) in [6.45, 7) is 3.31. The van der Waals surface area contributed by atoms with E-state index in [4.69, 9.17) is 0 Å². The van der Waals surface area contributed by atoms with Crippen molar-refractivity contribution in [3.63, 3.8) is 0 Å². The van der Waals surface area contributed by atoms with Crippen LogP contribution in [0.5, 0.6) is 0 Å². The van der Waals surface area contributed by atoms with Crippen molar-refractivity contribution in [2.24, 2.45) is 5.16 Å². The van der Waals surface area contributed by atoms with Crippen molar-refractivity contribution in [2.45, 2.75) is 26.7 Å². The van der Waals surface area contributed by atoms with Crippen LogP contribution in [0.3, 0.4) is 0 Å². The lowest BCUT2D eigenvalue weighted by Crippen LogP contribution is -2.23. The SMILES string of the molecule is CC(=O)O/N=C1\CCc2c(ccc3cc(C)ccc23)C1=O. The Morgan fingerprint density at radius 1 is 1.19 bits per heavy atom. The number of nitrogens with zero attached hydrogens (tertiary/aromatic N) is 1. The first-order valence-electron chi connectivity index (χ1n) is 6.87. The predicted octanol–water partition coefficient (Wildman–Crippen LogP) is 3.20. The van der Waals surface area contributed by atoms with Crippen molar-refractivity contribution in [1.82, 2.24) is 0 Å². The molecule has 0 heterocycles. The molecule has 1 aliphatic carbocycles. The minimum absolute atomic E-state index is 0.153. The molecule has 21 heavy (non-hydrogen) atoms. The number of benzene rings is 2. The number of ketones is 1. The van der Waals surface area contributed by atoms with Gasteiger partial charge in [0.2, 0.25) is 5.78 Å². The molecule has 4 heteroatoms. The van der Waals surface area contributed by atoms with E-state index in [9.17, 15) is 9.59 Å². The summed E-state index contributed by atoms with van der Waals surface area (Å²) in [6.07, 6.45) is 1.22. The quantitative estimate of drug-likeness (QED) is 0.596. The molecule has 0 saturated heterocycles. The zero-order chi connectivity index (χ0) is 15.0. The normalized spacial score (nSPS) is 16.1. The van der Waals surface area contributed by atoms with Crippen LogP contribution in [0.1, 0.15) is 34.8 Å². The molecule has 0 aliphatic heterocycles. The number of hydrogen-bond acceptors (Lipinski definition) is 4. The molecule has 0 spiro atoms. The average molecular weight is 281 g/mol. The van der Waals surface area contributed by atoms with E-state index in [1.54, 1.807) is 0 Å². The number of fused-ring (bicyclic) bond motifs is 3. The molecule has 2 aromatic carbocycles. The monoisotopic (exact) mass is 281 g/mol. The Morgan fingerprint density at radius 2 is 2.00 bits per heavy atom. The van der Waals surface area contributed by atoms with E-state index in [0.29, 0.717) is 17.7 Å². The first-order chi connectivity index (χ1) is 10.1. The molecule has 106 valence electrons. The molecule has 0 aromatic heterocycles. The summed E-state index contributed by atoms with van der Waals surface area (Å²) in [5, 5.41) is 5.92. The fourth-order valence-corrected chi connectivity index (χ4v) is 2.71. The van der Waals surface area contributed by atoms with Crippen LogP contribution in [0.4, 0.5) is 0 Å². The Balaban J connectivity index is 2.07. The van der Waals surface area contributed by atoms with E-state index in [-0.39, 0.29) is 5.78 Å². The van der Waals surface area contributed by atoms with Gasteiger partial charge in [-0.3, -0.25) is 4.79 Å². The van der Waals surface area contributed by atoms with Gasteiger partial charge in [0.15, 0.2) is 0 Å². The van der Waals surface area contributed by atoms with E-state index in [1.807, 2.05) is 19.1 Å². The summed E-state index contributed by atoms with van der Waals surface area (Å²) in [7, 11) is 0. The molecular weight excluding hydrogens is 266 g/mol. The van der Waals surface area contributed by atoms with Crippen LogP contribution in [0.25, 0.3) is 10.8 Å². The summed E-state index contributed by atoms with van der Waals surface area (Å²) >= 11 is 0. The Morgan fingerprint density at radius 3 is 2.76 bits per heavy atom. The molecule has 0 saturated carbocycles. The van der Waals surface area contributed by atoms with Crippen molar-refractivity contribution in [1.29, 1.82) is 0 Å². The van der Waals surface area contributed by atoms with Gasteiger partial charge in [-0.25, -0.2) is 4.79 Å². The van der Waals surface area contributed by atoms with Gasteiger partial charge in [-0.15, -0.1) is 0 Å². The molecule has 3 rings (SSSR count). The fourth-order valence-electron chi connectivity index (χ4n) is 2.71. The third-order valence-electron chi connectivity index (χ3n) is 3.69. The van der Waals surface area contributed by atoms with Gasteiger partial charge in [-0.1, -0.05) is 41.1 Å². The second-order valence-electron chi connectivity index (χ2n) is 5.27. The van der Waals surface area contributed by atoms with Crippen LogP contribution in [-0.4, -0.2) is 17.5 Å². The lowest BCUT2D eigenvalue weighted by atomic mass is 9.85. The van der Waals surface area contributed by atoms with Crippen LogP contribution in [-0.2, 0) is 16.1 Å². The number of rotatable bonds is 1. The number of carbonyl (C=O) groups excluding carboxylic acids is 2. The number of oxime groups is 1. The highest BCUT2D eigenvalue weighted by Gasteiger charge is 2.25. The van der Waals surface area contributed by atoms with E-state index in [0.717, 1.165) is 22.8 Å². The molecule has 0 fully saturated rings. The van der Waals surface area contributed by atoms with Crippen molar-refractivity contribution < 1.29 is 14.4 Å². The molecule has 0 amide bonds. The molecule has 2 aromatic rings. The van der Waals surface area contributed by atoms with E-state index < -0.39 is 5.97 Å². The predicted molar refractivity (Wildman–Crippen MR) is 80.5 cm³/mol. The first kappa shape index (κ1) is 13.5. The second-order valence-corrected chi connectivity index (χ2v) is 5.27. The Kier molecular flexibility index (Phi) is 3.29. The zero-order valence-electron chi connectivity index (χ0n) is 12.0. The van der Waals surface area contributed by atoms with E-state index in [2.05, 4.69) is 28.2 Å². The molecule has 0 radical (unpaired) electrons. The van der Waals surface area contributed by atoms with Gasteiger partial charge in [-0.05, 0) is 29.7 Å². The summed E-state index contributed by atoms with van der Waals surface area (Å²) in [5.41, 5.74) is 3.22. The number of aryl methyl sites for hydroxylation is 2. The third-order valence-corrected chi connectivity index (χ3v) is 3.69. The lowest BCUT2D eigenvalue weighted by Gasteiger charge is -2.18. The van der Waals surface area contributed by atoms with Crippen molar-refractivity contribution in [2.75, 3.05) is 0 Å². The van der Waals surface area contributed by atoms with Gasteiger partial charge in [0.1, 0.15) is 5.71 Å². The van der Waals surface area contributed by atoms with Crippen LogP contribution in [0.2, 0.25) is 0 Å². The lowest BCUT2D eigenvalue weighted by molar-refractivity contribution is -0.140. The minimum atomic E-state index is -0.518. The van der Waals surface area contributed by atoms with Crippen LogP contribution in [0.15, 0.2) is 35.5 Å². The standard InChI is InChI=1S/C17H15NO3/c1-10-3-5-13-12(9-10)4-6-15-14(13)7-8-16(17(15)20)18-21-11(2)19/h3-6,9H,7-8H2,1-2H3/b18-16+. The van der Waals surface area contributed by atoms with Gasteiger partial charge in [0.05, 0.1) is 0 Å². The Hall–Kier alpha value is -2.49. The van der Waals surface area contributed by atoms with Crippen molar-refractivity contribution >= 4 is 28.2 Å². The van der Waals surface area contributed by atoms with Gasteiger partial charge < -0.3 is 4.84 Å². The molecule has 0 atom stereocenters. The summed E-state index contributed by atoms with van der Waals surface area (Å²) in [6, 6.07) is 10.0. The minimum Gasteiger partial charge on any atom is -0.318 e. The third kappa shape index (κ3) is 2.44. The maximum Gasteiger partial charge on any atom is 0.331 e. The summed E-state index contributed by atoms with van der Waals surface area (Å²) in [5.74, 6) is -0.671. The molecule has 4 nitrogen and oxygen atoms in total. The largest absolute Gasteiger partial charge is 0.331 e. The Bertz CT molecular complexity index is 790. The van der Waals surface area contributed by atoms with Gasteiger partial charge in [-0.2, -0.15) is 0 Å². The second kappa shape index (κ2) is 5.13. The van der Waals surface area contributed by atoms with Crippen LogP contribution < -0.4 is 0 Å². The maximum absolute atomic E-state index is 12.4. The molecule has 0 bridgehead atoms. The van der Waals surface area contributed by atoms with Crippen molar-refractivity contribution in [3.8, 4) is 0 Å². The number of carbonyl (C=O) groups is 2. The maximum atomic E-state index is 12.4. The van der Waals surface area contributed by atoms with Crippen LogP contribution >= 0.6 is 0 Å². The smallest absolute Gasteiger partial charge is 0.318 e. The topological polar surface area (TPSA) is 55.7 Å². The summed E-state index contributed by atoms with van der Waals surface area (Å²) in [4.78, 5) is 27.8. The highest BCUT2D eigenvalue weighted by atomic mass is 16.7. The van der Waals surface area contributed by atoms with Crippen LogP contribution in [0, 0.1) is 6.92 Å². The molecule has 0 N–H and O–H groups in total. The first-order valence-corrected chi connectivity index (χ1v) is 6.87. The van der Waals surface area contributed by atoms with Gasteiger partial charge in [0.25, 0.3) is 0 Å². The average Bonchev–Trinajstić information content (AvgIpc) is 2.45. The van der Waals surface area contributed by atoms with E-state index >= 15 is 0 Å². The van der Waals surface area contributed by atoms with Gasteiger partial charge >= 0.3 is 5.97 Å². The molecule has 0 unspecified atom stereocenters. The zero-order valence-corrected chi connectivity index (χ0v) is 12.0. The highest BCUT2D eigenvalue weighted by molar-refractivity contribution is 6.47. The Labute approximate surface area is 122 Å². The van der Waals surface area contributed by atoms with E-state index in [1.165, 1.54) is 12.5 Å².